The van der Waals surface area contributed by atoms with E-state index >= 15 is 0 Å². The van der Waals surface area contributed by atoms with Crippen LogP contribution in [0, 0.1) is 5.92 Å². The summed E-state index contributed by atoms with van der Waals surface area (Å²) in [6.07, 6.45) is 3.73. The molecular weight excluding hydrogens is 190 g/mol. The SMILES string of the molecule is CCC(C)C(CCc1cccs1)NC. The minimum absolute atomic E-state index is 0.669. The minimum Gasteiger partial charge on any atom is -0.317 e. The van der Waals surface area contributed by atoms with Crippen molar-refractivity contribution >= 4 is 11.3 Å². The molecule has 1 aromatic heterocycles. The van der Waals surface area contributed by atoms with Crippen LogP contribution in [0.5, 0.6) is 0 Å². The first-order valence-corrected chi connectivity index (χ1v) is 6.35. The first-order chi connectivity index (χ1) is 6.77. The molecule has 1 rings (SSSR count). The summed E-state index contributed by atoms with van der Waals surface area (Å²) in [7, 11) is 2.07. The molecule has 2 heteroatoms. The Morgan fingerprint density at radius 3 is 2.79 bits per heavy atom. The van der Waals surface area contributed by atoms with Crippen molar-refractivity contribution in [3.05, 3.63) is 22.4 Å². The van der Waals surface area contributed by atoms with E-state index in [1.165, 1.54) is 24.1 Å². The average Bonchev–Trinajstić information content (AvgIpc) is 2.71. The molecule has 0 spiro atoms. The van der Waals surface area contributed by atoms with E-state index in [9.17, 15) is 0 Å². The lowest BCUT2D eigenvalue weighted by Gasteiger charge is -2.21. The van der Waals surface area contributed by atoms with Gasteiger partial charge in [0.2, 0.25) is 0 Å². The van der Waals surface area contributed by atoms with Gasteiger partial charge in [0.15, 0.2) is 0 Å². The molecule has 0 radical (unpaired) electrons. The molecule has 1 heterocycles. The standard InChI is InChI=1S/C12H21NS/c1-4-10(2)12(13-3)8-7-11-6-5-9-14-11/h5-6,9-10,12-13H,4,7-8H2,1-3H3. The lowest BCUT2D eigenvalue weighted by molar-refractivity contribution is 0.369. The number of hydrogen-bond donors (Lipinski definition) is 1. The topological polar surface area (TPSA) is 12.0 Å². The Balaban J connectivity index is 2.34. The molecule has 2 atom stereocenters. The summed E-state index contributed by atoms with van der Waals surface area (Å²) in [6, 6.07) is 5.04. The minimum atomic E-state index is 0.669. The highest BCUT2D eigenvalue weighted by atomic mass is 32.1. The van der Waals surface area contributed by atoms with Gasteiger partial charge in [-0.25, -0.2) is 0 Å². The average molecular weight is 211 g/mol. The Morgan fingerprint density at radius 1 is 1.50 bits per heavy atom. The van der Waals surface area contributed by atoms with E-state index in [4.69, 9.17) is 0 Å². The summed E-state index contributed by atoms with van der Waals surface area (Å²) < 4.78 is 0. The largest absolute Gasteiger partial charge is 0.317 e. The molecule has 0 saturated carbocycles. The molecule has 0 amide bonds. The fraction of sp³-hybridized carbons (Fsp3) is 0.667. The zero-order valence-corrected chi connectivity index (χ0v) is 10.2. The van der Waals surface area contributed by atoms with Crippen LogP contribution in [0.4, 0.5) is 0 Å². The van der Waals surface area contributed by atoms with Gasteiger partial charge >= 0.3 is 0 Å². The molecule has 0 aliphatic heterocycles. The van der Waals surface area contributed by atoms with Crippen LogP contribution >= 0.6 is 11.3 Å². The molecule has 1 N–H and O–H groups in total. The van der Waals surface area contributed by atoms with Crippen LogP contribution in [0.2, 0.25) is 0 Å². The predicted molar refractivity (Wildman–Crippen MR) is 64.9 cm³/mol. The first-order valence-electron chi connectivity index (χ1n) is 5.47. The van der Waals surface area contributed by atoms with Crippen LogP contribution in [0.25, 0.3) is 0 Å². The maximum atomic E-state index is 3.42. The van der Waals surface area contributed by atoms with Gasteiger partial charge in [-0.3, -0.25) is 0 Å². The Kier molecular flexibility index (Phi) is 5.20. The van der Waals surface area contributed by atoms with Crippen LogP contribution in [-0.2, 0) is 6.42 Å². The second kappa shape index (κ2) is 6.20. The van der Waals surface area contributed by atoms with Crippen molar-refractivity contribution in [1.82, 2.24) is 5.32 Å². The Morgan fingerprint density at radius 2 is 2.29 bits per heavy atom. The second-order valence-corrected chi connectivity index (χ2v) is 4.93. The summed E-state index contributed by atoms with van der Waals surface area (Å²) >= 11 is 1.87. The molecule has 0 aliphatic rings. The highest BCUT2D eigenvalue weighted by molar-refractivity contribution is 7.09. The van der Waals surface area contributed by atoms with E-state index < -0.39 is 0 Å². The van der Waals surface area contributed by atoms with Gasteiger partial charge in [0, 0.05) is 10.9 Å². The number of thiophene rings is 1. The normalized spacial score (nSPS) is 15.4. The van der Waals surface area contributed by atoms with Gasteiger partial charge in [-0.05, 0) is 37.3 Å². The fourth-order valence-electron chi connectivity index (χ4n) is 1.75. The van der Waals surface area contributed by atoms with Crippen molar-refractivity contribution < 1.29 is 0 Å². The molecule has 2 unspecified atom stereocenters. The number of aryl methyl sites for hydroxylation is 1. The van der Waals surface area contributed by atoms with E-state index in [-0.39, 0.29) is 0 Å². The van der Waals surface area contributed by atoms with Crippen molar-refractivity contribution in [2.24, 2.45) is 5.92 Å². The van der Waals surface area contributed by atoms with Crippen LogP contribution in [0.3, 0.4) is 0 Å². The van der Waals surface area contributed by atoms with Gasteiger partial charge in [-0.1, -0.05) is 26.3 Å². The van der Waals surface area contributed by atoms with E-state index in [2.05, 4.69) is 43.7 Å². The molecule has 1 aromatic rings. The molecule has 0 aromatic carbocycles. The van der Waals surface area contributed by atoms with E-state index in [0.717, 1.165) is 5.92 Å². The summed E-state index contributed by atoms with van der Waals surface area (Å²) in [4.78, 5) is 1.51. The number of rotatable bonds is 6. The lowest BCUT2D eigenvalue weighted by Crippen LogP contribution is -2.32. The molecular formula is C12H21NS. The predicted octanol–water partition coefficient (Wildman–Crippen LogP) is 3.31. The fourth-order valence-corrected chi connectivity index (χ4v) is 2.48. The third kappa shape index (κ3) is 3.43. The van der Waals surface area contributed by atoms with Crippen LogP contribution < -0.4 is 5.32 Å². The molecule has 0 fully saturated rings. The Labute approximate surface area is 91.5 Å². The van der Waals surface area contributed by atoms with Gasteiger partial charge in [-0.15, -0.1) is 11.3 Å². The first kappa shape index (κ1) is 11.7. The summed E-state index contributed by atoms with van der Waals surface area (Å²) in [5.74, 6) is 0.778. The maximum Gasteiger partial charge on any atom is 0.00930 e. The lowest BCUT2D eigenvalue weighted by atomic mass is 9.95. The Bertz CT molecular complexity index is 230. The summed E-state index contributed by atoms with van der Waals surface area (Å²) in [5.41, 5.74) is 0. The third-order valence-corrected chi connectivity index (χ3v) is 3.92. The van der Waals surface area contributed by atoms with E-state index in [1.807, 2.05) is 11.3 Å². The molecule has 14 heavy (non-hydrogen) atoms. The molecule has 0 saturated heterocycles. The third-order valence-electron chi connectivity index (χ3n) is 2.98. The second-order valence-electron chi connectivity index (χ2n) is 3.90. The van der Waals surface area contributed by atoms with Crippen molar-refractivity contribution in [2.45, 2.75) is 39.2 Å². The van der Waals surface area contributed by atoms with Crippen molar-refractivity contribution in [3.63, 3.8) is 0 Å². The van der Waals surface area contributed by atoms with Gasteiger partial charge in [0.05, 0.1) is 0 Å². The smallest absolute Gasteiger partial charge is 0.00930 e. The maximum absolute atomic E-state index is 3.42. The van der Waals surface area contributed by atoms with E-state index in [0.29, 0.717) is 6.04 Å². The van der Waals surface area contributed by atoms with Crippen LogP contribution in [-0.4, -0.2) is 13.1 Å². The highest BCUT2D eigenvalue weighted by Gasteiger charge is 2.13. The zero-order chi connectivity index (χ0) is 10.4. The van der Waals surface area contributed by atoms with Crippen molar-refractivity contribution in [1.29, 1.82) is 0 Å². The van der Waals surface area contributed by atoms with Gasteiger partial charge < -0.3 is 5.32 Å². The van der Waals surface area contributed by atoms with Crippen molar-refractivity contribution in [2.75, 3.05) is 7.05 Å². The summed E-state index contributed by atoms with van der Waals surface area (Å²) in [5, 5.41) is 5.58. The Hall–Kier alpha value is -0.340. The molecule has 0 aliphatic carbocycles. The molecule has 0 bridgehead atoms. The van der Waals surface area contributed by atoms with Crippen LogP contribution in [0.15, 0.2) is 17.5 Å². The molecule has 1 nitrogen and oxygen atoms in total. The van der Waals surface area contributed by atoms with Gasteiger partial charge in [-0.2, -0.15) is 0 Å². The number of hydrogen-bond acceptors (Lipinski definition) is 2. The summed E-state index contributed by atoms with van der Waals surface area (Å²) in [6.45, 7) is 4.59. The van der Waals surface area contributed by atoms with Crippen molar-refractivity contribution in [3.8, 4) is 0 Å². The zero-order valence-electron chi connectivity index (χ0n) is 9.42. The quantitative estimate of drug-likeness (QED) is 0.761. The van der Waals surface area contributed by atoms with Gasteiger partial charge in [0.1, 0.15) is 0 Å². The molecule has 80 valence electrons. The van der Waals surface area contributed by atoms with E-state index in [1.54, 1.807) is 0 Å². The van der Waals surface area contributed by atoms with Crippen LogP contribution in [0.1, 0.15) is 31.6 Å². The highest BCUT2D eigenvalue weighted by Crippen LogP contribution is 2.16. The van der Waals surface area contributed by atoms with Gasteiger partial charge in [0.25, 0.3) is 0 Å². The monoisotopic (exact) mass is 211 g/mol. The number of nitrogens with one attached hydrogen (secondary N) is 1.